The maximum atomic E-state index is 6.16. The lowest BCUT2D eigenvalue weighted by Gasteiger charge is -2.25. The fourth-order valence-corrected chi connectivity index (χ4v) is 2.84. The van der Waals surface area contributed by atoms with Gasteiger partial charge in [-0.05, 0) is 38.2 Å². The van der Waals surface area contributed by atoms with Gasteiger partial charge in [0.15, 0.2) is 0 Å². The fourth-order valence-electron chi connectivity index (χ4n) is 2.84. The Morgan fingerprint density at radius 2 is 1.67 bits per heavy atom. The van der Waals surface area contributed by atoms with Gasteiger partial charge in [0, 0.05) is 12.3 Å². The molecule has 0 amide bonds. The Kier molecular flexibility index (Phi) is 4.24. The number of allylic oxidation sites excluding steroid dienone is 1. The first-order valence-corrected chi connectivity index (χ1v) is 6.52. The Morgan fingerprint density at radius 3 is 2.07 bits per heavy atom. The molecular formula is C14H26O. The summed E-state index contributed by atoms with van der Waals surface area (Å²) in [4.78, 5) is 0. The number of hydrogen-bond acceptors (Lipinski definition) is 1. The van der Waals surface area contributed by atoms with Gasteiger partial charge in [-0.25, -0.2) is 0 Å². The van der Waals surface area contributed by atoms with Crippen LogP contribution in [-0.4, -0.2) is 5.60 Å². The Labute approximate surface area is 94.9 Å². The van der Waals surface area contributed by atoms with Crippen LogP contribution in [0.5, 0.6) is 0 Å². The molecule has 1 saturated carbocycles. The van der Waals surface area contributed by atoms with Crippen molar-refractivity contribution < 1.29 is 4.74 Å². The van der Waals surface area contributed by atoms with E-state index in [-0.39, 0.29) is 5.60 Å². The summed E-state index contributed by atoms with van der Waals surface area (Å²) in [6, 6.07) is 0. The van der Waals surface area contributed by atoms with Crippen molar-refractivity contribution in [1.29, 1.82) is 0 Å². The van der Waals surface area contributed by atoms with E-state index in [0.717, 1.165) is 0 Å². The third kappa shape index (κ3) is 2.56. The molecule has 0 atom stereocenters. The van der Waals surface area contributed by atoms with Gasteiger partial charge in [-0.15, -0.1) is 0 Å². The Hall–Kier alpha value is -0.460. The minimum atomic E-state index is 0.240. The van der Waals surface area contributed by atoms with Crippen molar-refractivity contribution in [2.75, 3.05) is 0 Å². The van der Waals surface area contributed by atoms with Gasteiger partial charge in [-0.3, -0.25) is 0 Å². The molecule has 2 rings (SSSR count). The molecule has 1 spiro atoms. The van der Waals surface area contributed by atoms with Crippen LogP contribution in [0, 0.1) is 5.92 Å². The summed E-state index contributed by atoms with van der Waals surface area (Å²) < 4.78 is 6.16. The highest BCUT2D eigenvalue weighted by atomic mass is 16.5. The van der Waals surface area contributed by atoms with E-state index >= 15 is 0 Å². The second-order valence-electron chi connectivity index (χ2n) is 4.97. The van der Waals surface area contributed by atoms with E-state index < -0.39 is 0 Å². The van der Waals surface area contributed by atoms with E-state index in [1.165, 1.54) is 43.4 Å². The first-order chi connectivity index (χ1) is 7.13. The molecule has 0 aromatic rings. The van der Waals surface area contributed by atoms with Crippen molar-refractivity contribution in [2.45, 2.75) is 72.3 Å². The van der Waals surface area contributed by atoms with Crippen LogP contribution in [-0.2, 0) is 4.74 Å². The number of hydrogen-bond donors (Lipinski definition) is 0. The number of ether oxygens (including phenoxy) is 1. The monoisotopic (exact) mass is 210 g/mol. The molecule has 0 unspecified atom stereocenters. The Balaban J connectivity index is 0.000000531. The summed E-state index contributed by atoms with van der Waals surface area (Å²) in [6.07, 6.45) is 6.47. The average molecular weight is 210 g/mol. The zero-order chi connectivity index (χ0) is 11.5. The summed E-state index contributed by atoms with van der Waals surface area (Å²) in [7, 11) is 0. The van der Waals surface area contributed by atoms with E-state index in [1.54, 1.807) is 0 Å². The average Bonchev–Trinajstić information content (AvgIpc) is 2.78. The summed E-state index contributed by atoms with van der Waals surface area (Å²) in [5.41, 5.74) is 1.74. The molecule has 1 fully saturated rings. The minimum Gasteiger partial charge on any atom is -0.491 e. The third-order valence-corrected chi connectivity index (χ3v) is 3.37. The molecule has 0 aromatic heterocycles. The standard InChI is InChI=1S/C12H20O.C2H6/c1-9(2)11-10(3)8-12(13-11)6-4-5-7-12;1-2/h9H,4-8H2,1-3H3;1-2H3. The van der Waals surface area contributed by atoms with Crippen LogP contribution < -0.4 is 0 Å². The van der Waals surface area contributed by atoms with Crippen molar-refractivity contribution in [3.8, 4) is 0 Å². The molecule has 1 nitrogen and oxygen atoms in total. The van der Waals surface area contributed by atoms with Crippen LogP contribution in [0.25, 0.3) is 0 Å². The van der Waals surface area contributed by atoms with Crippen molar-refractivity contribution in [1.82, 2.24) is 0 Å². The van der Waals surface area contributed by atoms with Crippen molar-refractivity contribution in [2.24, 2.45) is 5.92 Å². The van der Waals surface area contributed by atoms with E-state index in [4.69, 9.17) is 4.74 Å². The van der Waals surface area contributed by atoms with Gasteiger partial charge in [0.2, 0.25) is 0 Å². The molecule has 15 heavy (non-hydrogen) atoms. The molecule has 2 aliphatic rings. The number of rotatable bonds is 1. The van der Waals surface area contributed by atoms with Gasteiger partial charge in [0.1, 0.15) is 5.60 Å². The summed E-state index contributed by atoms with van der Waals surface area (Å²) in [6.45, 7) is 10.7. The normalized spacial score (nSPS) is 23.1. The molecule has 0 saturated heterocycles. The molecule has 1 heterocycles. The maximum absolute atomic E-state index is 6.16. The predicted octanol–water partition coefficient (Wildman–Crippen LogP) is 4.68. The van der Waals surface area contributed by atoms with Gasteiger partial charge < -0.3 is 4.74 Å². The van der Waals surface area contributed by atoms with E-state index in [1.807, 2.05) is 13.8 Å². The molecule has 1 aliphatic carbocycles. The predicted molar refractivity (Wildman–Crippen MR) is 65.8 cm³/mol. The van der Waals surface area contributed by atoms with Crippen LogP contribution in [0.3, 0.4) is 0 Å². The first-order valence-electron chi connectivity index (χ1n) is 6.52. The second kappa shape index (κ2) is 5.05. The van der Waals surface area contributed by atoms with Gasteiger partial charge in [0.25, 0.3) is 0 Å². The third-order valence-electron chi connectivity index (χ3n) is 3.37. The highest BCUT2D eigenvalue weighted by Crippen LogP contribution is 2.46. The van der Waals surface area contributed by atoms with Crippen molar-refractivity contribution in [3.05, 3.63) is 11.3 Å². The van der Waals surface area contributed by atoms with E-state index in [9.17, 15) is 0 Å². The Morgan fingerprint density at radius 1 is 1.13 bits per heavy atom. The molecule has 0 bridgehead atoms. The van der Waals surface area contributed by atoms with E-state index in [0.29, 0.717) is 5.92 Å². The van der Waals surface area contributed by atoms with Crippen LogP contribution in [0.1, 0.15) is 66.7 Å². The van der Waals surface area contributed by atoms with Crippen LogP contribution in [0.4, 0.5) is 0 Å². The zero-order valence-electron chi connectivity index (χ0n) is 11.0. The minimum absolute atomic E-state index is 0.240. The molecular weight excluding hydrogens is 184 g/mol. The van der Waals surface area contributed by atoms with Crippen LogP contribution in [0.15, 0.2) is 11.3 Å². The quantitative estimate of drug-likeness (QED) is 0.611. The van der Waals surface area contributed by atoms with Gasteiger partial charge >= 0.3 is 0 Å². The zero-order valence-corrected chi connectivity index (χ0v) is 11.0. The molecule has 1 heteroatoms. The van der Waals surface area contributed by atoms with E-state index in [2.05, 4.69) is 20.8 Å². The lowest BCUT2D eigenvalue weighted by Crippen LogP contribution is -2.24. The topological polar surface area (TPSA) is 9.23 Å². The van der Waals surface area contributed by atoms with Crippen LogP contribution >= 0.6 is 0 Å². The van der Waals surface area contributed by atoms with Gasteiger partial charge in [0.05, 0.1) is 5.76 Å². The summed E-state index contributed by atoms with van der Waals surface area (Å²) in [5, 5.41) is 0. The molecule has 1 aliphatic heterocycles. The molecule has 0 N–H and O–H groups in total. The second-order valence-corrected chi connectivity index (χ2v) is 4.97. The van der Waals surface area contributed by atoms with Gasteiger partial charge in [-0.1, -0.05) is 27.7 Å². The van der Waals surface area contributed by atoms with Crippen molar-refractivity contribution >= 4 is 0 Å². The summed E-state index contributed by atoms with van der Waals surface area (Å²) >= 11 is 0. The highest BCUT2D eigenvalue weighted by molar-refractivity contribution is 5.19. The molecule has 88 valence electrons. The maximum Gasteiger partial charge on any atom is 0.112 e. The summed E-state index contributed by atoms with van der Waals surface area (Å²) in [5.74, 6) is 1.85. The highest BCUT2D eigenvalue weighted by Gasteiger charge is 2.41. The first kappa shape index (κ1) is 12.6. The smallest absolute Gasteiger partial charge is 0.112 e. The largest absolute Gasteiger partial charge is 0.491 e. The lowest BCUT2D eigenvalue weighted by atomic mass is 9.95. The van der Waals surface area contributed by atoms with Gasteiger partial charge in [-0.2, -0.15) is 0 Å². The fraction of sp³-hybridized carbons (Fsp3) is 0.857. The van der Waals surface area contributed by atoms with Crippen molar-refractivity contribution in [3.63, 3.8) is 0 Å². The molecule has 0 radical (unpaired) electrons. The Bertz CT molecular complexity index is 232. The van der Waals surface area contributed by atoms with Crippen LogP contribution in [0.2, 0.25) is 0 Å². The molecule has 0 aromatic carbocycles. The lowest BCUT2D eigenvalue weighted by molar-refractivity contribution is 0.0213. The SMILES string of the molecule is CC.CC1=C(C(C)C)OC2(CCCC2)C1.